The van der Waals surface area contributed by atoms with E-state index in [1.807, 2.05) is 0 Å². The number of anilines is 1. The molecule has 1 heterocycles. The zero-order chi connectivity index (χ0) is 19.6. The van der Waals surface area contributed by atoms with Crippen molar-refractivity contribution in [3.8, 4) is 11.1 Å². The Kier molecular flexibility index (Phi) is 5.23. The number of para-hydroxylation sites is 1. The maximum absolute atomic E-state index is 13.7. The van der Waals surface area contributed by atoms with Gasteiger partial charge in [0.05, 0.1) is 17.0 Å². The van der Waals surface area contributed by atoms with Crippen molar-refractivity contribution in [2.45, 2.75) is 12.6 Å². The maximum Gasteiger partial charge on any atom is 0.418 e. The average molecular weight is 397 g/mol. The molecule has 0 aliphatic carbocycles. The summed E-state index contributed by atoms with van der Waals surface area (Å²) < 4.78 is 52.5. The fourth-order valence-corrected chi connectivity index (χ4v) is 2.80. The highest BCUT2D eigenvalue weighted by Gasteiger charge is 2.34. The van der Waals surface area contributed by atoms with Crippen LogP contribution in [0.1, 0.15) is 11.1 Å². The lowest BCUT2D eigenvalue weighted by molar-refractivity contribution is -0.138. The summed E-state index contributed by atoms with van der Waals surface area (Å²) in [7, 11) is 0. The molecule has 0 bridgehead atoms. The Hall–Kier alpha value is -2.80. The van der Waals surface area contributed by atoms with Crippen molar-refractivity contribution in [1.82, 2.24) is 4.98 Å². The Morgan fingerprint density at radius 2 is 1.85 bits per heavy atom. The number of benzene rings is 2. The van der Waals surface area contributed by atoms with Crippen LogP contribution in [0.25, 0.3) is 11.1 Å². The third-order valence-electron chi connectivity index (χ3n) is 3.92. The first-order valence-electron chi connectivity index (χ1n) is 7.83. The second kappa shape index (κ2) is 7.44. The topological polar surface area (TPSA) is 44.9 Å². The summed E-state index contributed by atoms with van der Waals surface area (Å²) in [6.45, 7) is 0. The zero-order valence-corrected chi connectivity index (χ0v) is 14.5. The Morgan fingerprint density at radius 3 is 2.56 bits per heavy atom. The SMILES string of the molecule is O=C(Cc1c[nH]cc1C(F)(F)F)Nc1ccccc1-c1ccc(Cl)c(F)c1. The van der Waals surface area contributed by atoms with Crippen LogP contribution in [-0.2, 0) is 17.4 Å². The van der Waals surface area contributed by atoms with E-state index in [1.54, 1.807) is 30.3 Å². The van der Waals surface area contributed by atoms with Gasteiger partial charge in [-0.25, -0.2) is 4.39 Å². The summed E-state index contributed by atoms with van der Waals surface area (Å²) >= 11 is 5.68. The Balaban J connectivity index is 1.83. The lowest BCUT2D eigenvalue weighted by Crippen LogP contribution is -2.17. The van der Waals surface area contributed by atoms with Crippen LogP contribution in [0.5, 0.6) is 0 Å². The van der Waals surface area contributed by atoms with E-state index >= 15 is 0 Å². The van der Waals surface area contributed by atoms with Crippen molar-refractivity contribution in [1.29, 1.82) is 0 Å². The number of hydrogen-bond donors (Lipinski definition) is 2. The molecule has 0 saturated carbocycles. The van der Waals surface area contributed by atoms with Gasteiger partial charge in [0.1, 0.15) is 5.82 Å². The number of aromatic amines is 1. The first-order chi connectivity index (χ1) is 12.8. The summed E-state index contributed by atoms with van der Waals surface area (Å²) in [5, 5.41) is 2.55. The van der Waals surface area contributed by atoms with Crippen LogP contribution in [0.4, 0.5) is 23.2 Å². The van der Waals surface area contributed by atoms with Gasteiger partial charge in [0.2, 0.25) is 5.91 Å². The monoisotopic (exact) mass is 396 g/mol. The van der Waals surface area contributed by atoms with Crippen molar-refractivity contribution in [2.75, 3.05) is 5.32 Å². The van der Waals surface area contributed by atoms with Gasteiger partial charge in [0.25, 0.3) is 0 Å². The maximum atomic E-state index is 13.7. The van der Waals surface area contributed by atoms with Gasteiger partial charge in [0, 0.05) is 23.6 Å². The van der Waals surface area contributed by atoms with Crippen LogP contribution in [0, 0.1) is 5.82 Å². The van der Waals surface area contributed by atoms with Crippen molar-refractivity contribution in [3.05, 3.63) is 76.8 Å². The lowest BCUT2D eigenvalue weighted by Gasteiger charge is -2.12. The number of carbonyl (C=O) groups excluding carboxylic acids is 1. The van der Waals surface area contributed by atoms with Crippen LogP contribution in [-0.4, -0.2) is 10.9 Å². The van der Waals surface area contributed by atoms with Crippen LogP contribution >= 0.6 is 11.6 Å². The van der Waals surface area contributed by atoms with Gasteiger partial charge in [0.15, 0.2) is 0 Å². The molecule has 27 heavy (non-hydrogen) atoms. The molecule has 2 aromatic carbocycles. The molecule has 0 aliphatic rings. The average Bonchev–Trinajstić information content (AvgIpc) is 3.06. The highest BCUT2D eigenvalue weighted by atomic mass is 35.5. The summed E-state index contributed by atoms with van der Waals surface area (Å²) in [5.41, 5.74) is 0.311. The van der Waals surface area contributed by atoms with Gasteiger partial charge in [-0.3, -0.25) is 4.79 Å². The molecule has 8 heteroatoms. The quantitative estimate of drug-likeness (QED) is 0.548. The zero-order valence-electron chi connectivity index (χ0n) is 13.7. The number of H-pyrrole nitrogens is 1. The van der Waals surface area contributed by atoms with Crippen LogP contribution in [0.3, 0.4) is 0 Å². The third-order valence-corrected chi connectivity index (χ3v) is 4.23. The Labute approximate surface area is 157 Å². The van der Waals surface area contributed by atoms with E-state index in [9.17, 15) is 22.4 Å². The van der Waals surface area contributed by atoms with Crippen molar-refractivity contribution in [2.24, 2.45) is 0 Å². The van der Waals surface area contributed by atoms with Gasteiger partial charge in [-0.05, 0) is 29.3 Å². The molecule has 3 rings (SSSR count). The van der Waals surface area contributed by atoms with Gasteiger partial charge in [-0.15, -0.1) is 0 Å². The second-order valence-corrected chi connectivity index (χ2v) is 6.20. The fourth-order valence-electron chi connectivity index (χ4n) is 2.68. The van der Waals surface area contributed by atoms with Crippen LogP contribution in [0.15, 0.2) is 54.9 Å². The predicted molar refractivity (Wildman–Crippen MR) is 95.0 cm³/mol. The molecule has 2 N–H and O–H groups in total. The van der Waals surface area contributed by atoms with Gasteiger partial charge in [-0.1, -0.05) is 35.9 Å². The van der Waals surface area contributed by atoms with E-state index in [1.165, 1.54) is 12.1 Å². The molecule has 0 fully saturated rings. The number of halogens is 5. The normalized spacial score (nSPS) is 11.4. The second-order valence-electron chi connectivity index (χ2n) is 5.79. The Bertz CT molecular complexity index is 982. The molecule has 0 saturated heterocycles. The molecule has 0 radical (unpaired) electrons. The summed E-state index contributed by atoms with van der Waals surface area (Å²) in [6, 6.07) is 10.8. The minimum atomic E-state index is -4.55. The third kappa shape index (κ3) is 4.31. The minimum Gasteiger partial charge on any atom is -0.367 e. The van der Waals surface area contributed by atoms with E-state index in [-0.39, 0.29) is 10.6 Å². The summed E-state index contributed by atoms with van der Waals surface area (Å²) in [5.74, 6) is -1.24. The molecular weight excluding hydrogens is 384 g/mol. The van der Waals surface area contributed by atoms with Crippen molar-refractivity contribution >= 4 is 23.2 Å². The van der Waals surface area contributed by atoms with Crippen LogP contribution < -0.4 is 5.32 Å². The standard InChI is InChI=1S/C19H13ClF4N2O/c20-15-6-5-11(7-16(15)21)13-3-1-2-4-17(13)26-18(27)8-12-9-25-10-14(12)19(22,23)24/h1-7,9-10,25H,8H2,(H,26,27). The number of hydrogen-bond acceptors (Lipinski definition) is 1. The predicted octanol–water partition coefficient (Wildman–Crippen LogP) is 5.67. The van der Waals surface area contributed by atoms with Gasteiger partial charge in [-0.2, -0.15) is 13.2 Å². The lowest BCUT2D eigenvalue weighted by atomic mass is 10.0. The molecule has 0 unspecified atom stereocenters. The largest absolute Gasteiger partial charge is 0.418 e. The molecule has 1 aromatic heterocycles. The van der Waals surface area contributed by atoms with Crippen molar-refractivity contribution in [3.63, 3.8) is 0 Å². The summed E-state index contributed by atoms with van der Waals surface area (Å²) in [4.78, 5) is 14.6. The molecule has 0 spiro atoms. The molecule has 0 aliphatic heterocycles. The van der Waals surface area contributed by atoms with E-state index in [0.717, 1.165) is 12.4 Å². The minimum absolute atomic E-state index is 0.0348. The molecular formula is C19H13ClF4N2O. The number of amides is 1. The van der Waals surface area contributed by atoms with E-state index in [4.69, 9.17) is 11.6 Å². The highest BCUT2D eigenvalue weighted by molar-refractivity contribution is 6.30. The number of alkyl halides is 3. The molecule has 140 valence electrons. The molecule has 1 amide bonds. The smallest absolute Gasteiger partial charge is 0.367 e. The van der Waals surface area contributed by atoms with Crippen LogP contribution in [0.2, 0.25) is 5.02 Å². The number of carbonyl (C=O) groups is 1. The first-order valence-corrected chi connectivity index (χ1v) is 8.20. The fraction of sp³-hybridized carbons (Fsp3) is 0.105. The van der Waals surface area contributed by atoms with E-state index in [2.05, 4.69) is 10.3 Å². The number of nitrogens with one attached hydrogen (secondary N) is 2. The van der Waals surface area contributed by atoms with Crippen molar-refractivity contribution < 1.29 is 22.4 Å². The molecule has 3 nitrogen and oxygen atoms in total. The summed E-state index contributed by atoms with van der Waals surface area (Å²) in [6.07, 6.45) is -3.05. The molecule has 0 atom stereocenters. The van der Waals surface area contributed by atoms with Gasteiger partial charge >= 0.3 is 6.18 Å². The first kappa shape index (κ1) is 19.0. The Morgan fingerprint density at radius 1 is 1.11 bits per heavy atom. The van der Waals surface area contributed by atoms with E-state index in [0.29, 0.717) is 16.8 Å². The molecule has 3 aromatic rings. The van der Waals surface area contributed by atoms with Gasteiger partial charge < -0.3 is 10.3 Å². The van der Waals surface area contributed by atoms with E-state index < -0.39 is 29.9 Å². The highest BCUT2D eigenvalue weighted by Crippen LogP contribution is 2.33. The number of aromatic nitrogens is 1. The number of rotatable bonds is 4.